The molecule has 0 aliphatic carbocycles. The molecule has 1 amide bonds. The Labute approximate surface area is 212 Å². The van der Waals surface area contributed by atoms with Crippen LogP contribution >= 0.6 is 0 Å². The standard InChI is InChI=1S/C30H36F2N2O2/c1-21-3-5-27-28(15-21)36-20-30(27)10-14-33(19-22(30)2)11-7-23-8-12-34(13-9-23)29(35)6-4-24-16-25(31)18-26(32)17-24/h3-6,15-18,22-23H,7-14,19-20H2,1-2H3/b6-4+. The Kier molecular flexibility index (Phi) is 7.16. The minimum absolute atomic E-state index is 0.0949. The molecule has 2 unspecified atom stereocenters. The van der Waals surface area contributed by atoms with Gasteiger partial charge in [-0.25, -0.2) is 8.78 Å². The fourth-order valence-electron chi connectivity index (χ4n) is 6.27. The van der Waals surface area contributed by atoms with Crippen molar-refractivity contribution in [2.45, 2.75) is 44.9 Å². The molecule has 0 N–H and O–H groups in total. The van der Waals surface area contributed by atoms with Crippen LogP contribution < -0.4 is 4.74 Å². The normalized spacial score (nSPS) is 24.9. The van der Waals surface area contributed by atoms with Gasteiger partial charge in [0.25, 0.3) is 0 Å². The van der Waals surface area contributed by atoms with Gasteiger partial charge in [0, 0.05) is 42.8 Å². The van der Waals surface area contributed by atoms with Crippen LogP contribution in [0.2, 0.25) is 0 Å². The van der Waals surface area contributed by atoms with Crippen LogP contribution in [0.5, 0.6) is 5.75 Å². The second-order valence-corrected chi connectivity index (χ2v) is 11.0. The molecule has 2 aromatic rings. The molecule has 1 spiro atoms. The highest BCUT2D eigenvalue weighted by Crippen LogP contribution is 2.48. The molecule has 3 heterocycles. The lowest BCUT2D eigenvalue weighted by Gasteiger charge is -2.44. The van der Waals surface area contributed by atoms with E-state index in [0.717, 1.165) is 76.8 Å². The molecular formula is C30H36F2N2O2. The van der Waals surface area contributed by atoms with Crippen LogP contribution in [0.4, 0.5) is 8.78 Å². The first-order valence-corrected chi connectivity index (χ1v) is 13.2. The van der Waals surface area contributed by atoms with Crippen molar-refractivity contribution < 1.29 is 18.3 Å². The number of aryl methyl sites for hydroxylation is 1. The van der Waals surface area contributed by atoms with Gasteiger partial charge in [0.2, 0.25) is 5.91 Å². The first kappa shape index (κ1) is 24.9. The van der Waals surface area contributed by atoms with Gasteiger partial charge in [-0.3, -0.25) is 4.79 Å². The van der Waals surface area contributed by atoms with Gasteiger partial charge in [0.1, 0.15) is 17.4 Å². The number of piperidine rings is 2. The number of ether oxygens (including phenoxy) is 1. The van der Waals surface area contributed by atoms with E-state index in [4.69, 9.17) is 4.74 Å². The SMILES string of the molecule is Cc1ccc2c(c1)OCC21CCN(CCC2CCN(C(=O)/C=C/c3cc(F)cc(F)c3)CC2)CC1C. The lowest BCUT2D eigenvalue weighted by molar-refractivity contribution is -0.127. The second kappa shape index (κ2) is 10.3. The summed E-state index contributed by atoms with van der Waals surface area (Å²) in [7, 11) is 0. The highest BCUT2D eigenvalue weighted by Gasteiger charge is 2.47. The summed E-state index contributed by atoms with van der Waals surface area (Å²) >= 11 is 0. The summed E-state index contributed by atoms with van der Waals surface area (Å²) < 4.78 is 32.8. The monoisotopic (exact) mass is 494 g/mol. The Bertz CT molecular complexity index is 1120. The second-order valence-electron chi connectivity index (χ2n) is 11.0. The smallest absolute Gasteiger partial charge is 0.246 e. The Morgan fingerprint density at radius 2 is 1.86 bits per heavy atom. The van der Waals surface area contributed by atoms with E-state index < -0.39 is 11.6 Å². The maximum absolute atomic E-state index is 13.3. The van der Waals surface area contributed by atoms with Crippen LogP contribution in [0.25, 0.3) is 6.08 Å². The average Bonchev–Trinajstić information content (AvgIpc) is 3.21. The predicted molar refractivity (Wildman–Crippen MR) is 138 cm³/mol. The van der Waals surface area contributed by atoms with Gasteiger partial charge in [-0.05, 0) is 92.9 Å². The fraction of sp³-hybridized carbons (Fsp3) is 0.500. The highest BCUT2D eigenvalue weighted by atomic mass is 19.1. The van der Waals surface area contributed by atoms with Gasteiger partial charge in [0.05, 0.1) is 6.61 Å². The van der Waals surface area contributed by atoms with Crippen molar-refractivity contribution in [3.8, 4) is 5.75 Å². The van der Waals surface area contributed by atoms with Crippen molar-refractivity contribution in [2.24, 2.45) is 11.8 Å². The van der Waals surface area contributed by atoms with Crippen molar-refractivity contribution in [1.29, 1.82) is 0 Å². The summed E-state index contributed by atoms with van der Waals surface area (Å²) in [5, 5.41) is 0. The number of carbonyl (C=O) groups excluding carboxylic acids is 1. The molecule has 0 aromatic heterocycles. The molecule has 2 fully saturated rings. The molecule has 192 valence electrons. The number of hydrogen-bond acceptors (Lipinski definition) is 3. The van der Waals surface area contributed by atoms with E-state index in [1.165, 1.54) is 35.4 Å². The molecule has 2 atom stereocenters. The third-order valence-corrected chi connectivity index (χ3v) is 8.59. The molecule has 3 aliphatic rings. The molecule has 0 radical (unpaired) electrons. The zero-order valence-electron chi connectivity index (χ0n) is 21.3. The number of amides is 1. The summed E-state index contributed by atoms with van der Waals surface area (Å²) in [4.78, 5) is 17.0. The number of benzene rings is 2. The van der Waals surface area contributed by atoms with Crippen molar-refractivity contribution >= 4 is 12.0 Å². The Morgan fingerprint density at radius 1 is 1.11 bits per heavy atom. The van der Waals surface area contributed by atoms with Crippen LogP contribution in [0, 0.1) is 30.4 Å². The van der Waals surface area contributed by atoms with E-state index in [1.54, 1.807) is 0 Å². The zero-order valence-corrected chi connectivity index (χ0v) is 21.3. The molecule has 3 aliphatic heterocycles. The lowest BCUT2D eigenvalue weighted by atomic mass is 9.67. The van der Waals surface area contributed by atoms with Crippen LogP contribution in [-0.2, 0) is 10.2 Å². The molecule has 2 aromatic carbocycles. The Hall–Kier alpha value is -2.73. The van der Waals surface area contributed by atoms with Crippen LogP contribution in [0.3, 0.4) is 0 Å². The third kappa shape index (κ3) is 5.19. The van der Waals surface area contributed by atoms with Gasteiger partial charge < -0.3 is 14.5 Å². The Balaban J connectivity index is 1.07. The lowest BCUT2D eigenvalue weighted by Crippen LogP contribution is -2.50. The number of rotatable bonds is 5. The van der Waals surface area contributed by atoms with E-state index in [9.17, 15) is 13.6 Å². The number of halogens is 2. The van der Waals surface area contributed by atoms with Gasteiger partial charge in [-0.2, -0.15) is 0 Å². The summed E-state index contributed by atoms with van der Waals surface area (Å²) in [6.45, 7) is 10.1. The summed E-state index contributed by atoms with van der Waals surface area (Å²) in [5.41, 5.74) is 3.15. The maximum atomic E-state index is 13.3. The molecular weight excluding hydrogens is 458 g/mol. The molecule has 0 saturated carbocycles. The first-order valence-electron chi connectivity index (χ1n) is 13.2. The summed E-state index contributed by atoms with van der Waals surface area (Å²) in [6, 6.07) is 9.95. The summed E-state index contributed by atoms with van der Waals surface area (Å²) in [5.74, 6) is 0.875. The van der Waals surface area contributed by atoms with Gasteiger partial charge in [-0.15, -0.1) is 0 Å². The van der Waals surface area contributed by atoms with Gasteiger partial charge >= 0.3 is 0 Å². The first-order chi connectivity index (χ1) is 17.3. The van der Waals surface area contributed by atoms with Gasteiger partial charge in [0.15, 0.2) is 0 Å². The number of nitrogens with zero attached hydrogens (tertiary/aromatic N) is 2. The van der Waals surface area contributed by atoms with E-state index in [-0.39, 0.29) is 11.3 Å². The van der Waals surface area contributed by atoms with Crippen LogP contribution in [0.1, 0.15) is 49.3 Å². The highest BCUT2D eigenvalue weighted by molar-refractivity contribution is 5.91. The molecule has 0 bridgehead atoms. The molecule has 2 saturated heterocycles. The maximum Gasteiger partial charge on any atom is 0.246 e. The van der Waals surface area contributed by atoms with E-state index in [0.29, 0.717) is 17.4 Å². The predicted octanol–water partition coefficient (Wildman–Crippen LogP) is 5.59. The van der Waals surface area contributed by atoms with Crippen molar-refractivity contribution in [2.75, 3.05) is 39.3 Å². The summed E-state index contributed by atoms with van der Waals surface area (Å²) in [6.07, 6.45) is 7.21. The number of likely N-dealkylation sites (tertiary alicyclic amines) is 2. The van der Waals surface area contributed by atoms with Crippen LogP contribution in [0.15, 0.2) is 42.5 Å². The van der Waals surface area contributed by atoms with E-state index in [2.05, 4.69) is 36.9 Å². The third-order valence-electron chi connectivity index (χ3n) is 8.59. The van der Waals surface area contributed by atoms with Crippen molar-refractivity contribution in [1.82, 2.24) is 9.80 Å². The largest absolute Gasteiger partial charge is 0.492 e. The topological polar surface area (TPSA) is 32.8 Å². The minimum atomic E-state index is -0.641. The van der Waals surface area contributed by atoms with E-state index >= 15 is 0 Å². The van der Waals surface area contributed by atoms with Gasteiger partial charge in [-0.1, -0.05) is 19.1 Å². The number of hydrogen-bond donors (Lipinski definition) is 0. The average molecular weight is 495 g/mol. The van der Waals surface area contributed by atoms with Crippen LogP contribution in [-0.4, -0.2) is 55.0 Å². The van der Waals surface area contributed by atoms with Crippen molar-refractivity contribution in [3.05, 3.63) is 70.8 Å². The molecule has 5 rings (SSSR count). The molecule has 36 heavy (non-hydrogen) atoms. The zero-order chi connectivity index (χ0) is 25.3. The number of fused-ring (bicyclic) bond motifs is 2. The molecule has 4 nitrogen and oxygen atoms in total. The van der Waals surface area contributed by atoms with E-state index in [1.807, 2.05) is 4.90 Å². The Morgan fingerprint density at radius 3 is 2.58 bits per heavy atom. The fourth-order valence-corrected chi connectivity index (χ4v) is 6.27. The number of carbonyl (C=O) groups is 1. The minimum Gasteiger partial charge on any atom is -0.492 e. The quantitative estimate of drug-likeness (QED) is 0.508. The molecule has 6 heteroatoms. The van der Waals surface area contributed by atoms with Crippen molar-refractivity contribution in [3.63, 3.8) is 0 Å².